The van der Waals surface area contributed by atoms with Crippen molar-refractivity contribution in [3.63, 3.8) is 0 Å². The van der Waals surface area contributed by atoms with Crippen LogP contribution in [0.15, 0.2) is 78.1 Å². The van der Waals surface area contributed by atoms with Gasteiger partial charge >= 0.3 is 0 Å². The second-order valence-corrected chi connectivity index (χ2v) is 9.54. The second-order valence-electron chi connectivity index (χ2n) is 9.54. The summed E-state index contributed by atoms with van der Waals surface area (Å²) in [6, 6.07) is 16.0. The van der Waals surface area contributed by atoms with E-state index < -0.39 is 5.91 Å². The summed E-state index contributed by atoms with van der Waals surface area (Å²) in [5.74, 6) is -0.492. The molecule has 0 radical (unpaired) electrons. The standard InChI is InChI=1S/C29H26N6O2/c1-16(2)32-18-7-8-21-23(15-18)33-26-22(27(30)36)10-9-20(25(21)26)19-5-4-6-24(17(19)3)35-14-13-34-12-11-31-28(34)29(35)37/h4-16,32-33H,1-3H3,(H2,30,36). The molecule has 8 heteroatoms. The van der Waals surface area contributed by atoms with E-state index in [0.717, 1.165) is 44.4 Å². The zero-order valence-corrected chi connectivity index (χ0v) is 20.7. The number of benzene rings is 3. The summed E-state index contributed by atoms with van der Waals surface area (Å²) >= 11 is 0. The number of rotatable bonds is 5. The molecule has 4 N–H and O–H groups in total. The molecule has 184 valence electrons. The highest BCUT2D eigenvalue weighted by molar-refractivity contribution is 6.20. The molecular formula is C29H26N6O2. The molecule has 0 bridgehead atoms. The Bertz CT molecular complexity index is 1910. The minimum Gasteiger partial charge on any atom is -0.383 e. The number of hydrogen-bond acceptors (Lipinski definition) is 4. The maximum atomic E-state index is 13.2. The van der Waals surface area contributed by atoms with E-state index in [-0.39, 0.29) is 11.6 Å². The fourth-order valence-corrected chi connectivity index (χ4v) is 5.14. The molecule has 0 unspecified atom stereocenters. The second kappa shape index (κ2) is 8.37. The lowest BCUT2D eigenvalue weighted by atomic mass is 9.93. The van der Waals surface area contributed by atoms with Gasteiger partial charge in [-0.25, -0.2) is 4.98 Å². The third-order valence-electron chi connectivity index (χ3n) is 6.78. The van der Waals surface area contributed by atoms with Gasteiger partial charge in [0.2, 0.25) is 5.65 Å². The highest BCUT2D eigenvalue weighted by atomic mass is 16.1. The van der Waals surface area contributed by atoms with Crippen LogP contribution in [0.5, 0.6) is 0 Å². The topological polar surface area (TPSA) is 110 Å². The van der Waals surface area contributed by atoms with E-state index in [9.17, 15) is 9.59 Å². The van der Waals surface area contributed by atoms with E-state index in [1.807, 2.05) is 49.5 Å². The Morgan fingerprint density at radius 3 is 2.68 bits per heavy atom. The van der Waals surface area contributed by atoms with Crippen LogP contribution in [0.25, 0.3) is 44.3 Å². The Labute approximate surface area is 212 Å². The van der Waals surface area contributed by atoms with Crippen molar-refractivity contribution in [3.05, 3.63) is 94.8 Å². The van der Waals surface area contributed by atoms with E-state index in [4.69, 9.17) is 5.73 Å². The monoisotopic (exact) mass is 490 g/mol. The summed E-state index contributed by atoms with van der Waals surface area (Å²) < 4.78 is 3.33. The van der Waals surface area contributed by atoms with Crippen LogP contribution in [-0.2, 0) is 0 Å². The van der Waals surface area contributed by atoms with Gasteiger partial charge in [-0.15, -0.1) is 0 Å². The first kappa shape index (κ1) is 22.6. The number of H-pyrrole nitrogens is 1. The maximum Gasteiger partial charge on any atom is 0.298 e. The molecule has 1 amide bonds. The van der Waals surface area contributed by atoms with E-state index in [2.05, 4.69) is 35.2 Å². The van der Waals surface area contributed by atoms with Crippen LogP contribution in [0.2, 0.25) is 0 Å². The number of aromatic amines is 1. The molecule has 3 heterocycles. The SMILES string of the molecule is Cc1c(-c2ccc(C(N)=O)c3[nH]c4cc(NC(C)C)ccc4c23)cccc1-n1ccn2ccnc2c1=O. The van der Waals surface area contributed by atoms with Gasteiger partial charge in [0.15, 0.2) is 0 Å². The molecule has 6 aromatic rings. The van der Waals surface area contributed by atoms with Gasteiger partial charge in [0, 0.05) is 52.8 Å². The highest BCUT2D eigenvalue weighted by Gasteiger charge is 2.19. The molecule has 8 nitrogen and oxygen atoms in total. The first-order chi connectivity index (χ1) is 17.8. The summed E-state index contributed by atoms with van der Waals surface area (Å²) in [6.45, 7) is 6.17. The molecule has 3 aromatic carbocycles. The molecule has 0 fully saturated rings. The van der Waals surface area contributed by atoms with Gasteiger partial charge in [0.25, 0.3) is 11.5 Å². The van der Waals surface area contributed by atoms with Gasteiger partial charge in [-0.05, 0) is 61.7 Å². The molecule has 0 aliphatic carbocycles. The van der Waals surface area contributed by atoms with Gasteiger partial charge in [-0.2, -0.15) is 0 Å². The normalized spacial score (nSPS) is 11.7. The number of carbonyl (C=O) groups is 1. The molecule has 6 rings (SSSR count). The van der Waals surface area contributed by atoms with Crippen LogP contribution in [0.1, 0.15) is 29.8 Å². The zero-order valence-electron chi connectivity index (χ0n) is 20.7. The Hall–Kier alpha value is -4.85. The molecule has 37 heavy (non-hydrogen) atoms. The number of aromatic nitrogens is 4. The third-order valence-corrected chi connectivity index (χ3v) is 6.78. The molecule has 0 saturated heterocycles. The number of primary amides is 1. The summed E-state index contributed by atoms with van der Waals surface area (Å²) in [6.07, 6.45) is 6.93. The fourth-order valence-electron chi connectivity index (χ4n) is 5.14. The lowest BCUT2D eigenvalue weighted by Gasteiger charge is -2.15. The average molecular weight is 491 g/mol. The minimum atomic E-state index is -0.492. The van der Waals surface area contributed by atoms with Crippen molar-refractivity contribution in [1.82, 2.24) is 18.9 Å². The first-order valence-electron chi connectivity index (χ1n) is 12.1. The van der Waals surface area contributed by atoms with Gasteiger partial charge in [0.1, 0.15) is 0 Å². The Morgan fingerprint density at radius 1 is 1.05 bits per heavy atom. The summed E-state index contributed by atoms with van der Waals surface area (Å²) in [4.78, 5) is 33.2. The smallest absolute Gasteiger partial charge is 0.298 e. The molecule has 0 atom stereocenters. The molecule has 0 aliphatic heterocycles. The Morgan fingerprint density at radius 2 is 1.89 bits per heavy atom. The number of fused-ring (bicyclic) bond motifs is 4. The van der Waals surface area contributed by atoms with Crippen LogP contribution in [-0.4, -0.2) is 30.9 Å². The number of imidazole rings is 1. The number of nitrogens with one attached hydrogen (secondary N) is 2. The van der Waals surface area contributed by atoms with Crippen LogP contribution in [0, 0.1) is 6.92 Å². The predicted octanol–water partition coefficient (Wildman–Crippen LogP) is 5.01. The van der Waals surface area contributed by atoms with E-state index in [0.29, 0.717) is 16.7 Å². The lowest BCUT2D eigenvalue weighted by Crippen LogP contribution is -2.20. The Balaban J connectivity index is 1.61. The third kappa shape index (κ3) is 3.57. The number of nitrogens with two attached hydrogens (primary N) is 1. The van der Waals surface area contributed by atoms with Crippen LogP contribution in [0.3, 0.4) is 0 Å². The van der Waals surface area contributed by atoms with E-state index in [1.165, 1.54) is 0 Å². The van der Waals surface area contributed by atoms with Gasteiger partial charge in [0.05, 0.1) is 16.8 Å². The summed E-state index contributed by atoms with van der Waals surface area (Å²) in [5.41, 5.74) is 12.6. The van der Waals surface area contributed by atoms with Crippen molar-refractivity contribution < 1.29 is 4.79 Å². The fraction of sp³-hybridized carbons (Fsp3) is 0.138. The van der Waals surface area contributed by atoms with Gasteiger partial charge in [-0.3, -0.25) is 14.2 Å². The van der Waals surface area contributed by atoms with Crippen molar-refractivity contribution in [2.24, 2.45) is 5.73 Å². The van der Waals surface area contributed by atoms with Crippen LogP contribution < -0.4 is 16.6 Å². The minimum absolute atomic E-state index is 0.195. The number of carbonyl (C=O) groups excluding carboxylic acids is 1. The van der Waals surface area contributed by atoms with Crippen LogP contribution >= 0.6 is 0 Å². The van der Waals surface area contributed by atoms with Crippen molar-refractivity contribution in [2.75, 3.05) is 5.32 Å². The zero-order chi connectivity index (χ0) is 25.8. The molecule has 0 spiro atoms. The quantitative estimate of drug-likeness (QED) is 0.315. The first-order valence-corrected chi connectivity index (χ1v) is 12.1. The van der Waals surface area contributed by atoms with Crippen molar-refractivity contribution in [2.45, 2.75) is 26.8 Å². The van der Waals surface area contributed by atoms with Gasteiger partial charge < -0.3 is 20.4 Å². The van der Waals surface area contributed by atoms with Crippen molar-refractivity contribution in [1.29, 1.82) is 0 Å². The predicted molar refractivity (Wildman–Crippen MR) is 148 cm³/mol. The number of hydrogen-bond donors (Lipinski definition) is 3. The van der Waals surface area contributed by atoms with Gasteiger partial charge in [-0.1, -0.05) is 24.3 Å². The Kier molecular flexibility index (Phi) is 5.12. The molecule has 3 aromatic heterocycles. The average Bonchev–Trinajstić information content (AvgIpc) is 3.49. The number of nitrogens with zero attached hydrogens (tertiary/aromatic N) is 3. The summed E-state index contributed by atoms with van der Waals surface area (Å²) in [7, 11) is 0. The molecule has 0 saturated carbocycles. The number of amides is 1. The highest BCUT2D eigenvalue weighted by Crippen LogP contribution is 2.39. The van der Waals surface area contributed by atoms with E-state index >= 15 is 0 Å². The number of anilines is 1. The largest absolute Gasteiger partial charge is 0.383 e. The molecule has 0 aliphatic rings. The summed E-state index contributed by atoms with van der Waals surface area (Å²) in [5, 5.41) is 5.33. The lowest BCUT2D eigenvalue weighted by molar-refractivity contribution is 0.100. The molecular weight excluding hydrogens is 464 g/mol. The van der Waals surface area contributed by atoms with Crippen molar-refractivity contribution >= 4 is 39.0 Å². The van der Waals surface area contributed by atoms with Crippen LogP contribution in [0.4, 0.5) is 5.69 Å². The van der Waals surface area contributed by atoms with E-state index in [1.54, 1.807) is 33.6 Å². The maximum absolute atomic E-state index is 13.2. The van der Waals surface area contributed by atoms with Crippen molar-refractivity contribution in [3.8, 4) is 16.8 Å².